The third kappa shape index (κ3) is 5.85. The van der Waals surface area contributed by atoms with Crippen LogP contribution in [0.25, 0.3) is 0 Å². The Balaban J connectivity index is 1.64. The molecule has 0 saturated carbocycles. The van der Waals surface area contributed by atoms with Crippen LogP contribution in [0.15, 0.2) is 35.7 Å². The number of benzene rings is 1. The lowest BCUT2D eigenvalue weighted by Gasteiger charge is -2.14. The summed E-state index contributed by atoms with van der Waals surface area (Å²) in [6.07, 6.45) is 0.383. The summed E-state index contributed by atoms with van der Waals surface area (Å²) in [7, 11) is 0. The summed E-state index contributed by atoms with van der Waals surface area (Å²) in [6.45, 7) is 1.50. The van der Waals surface area contributed by atoms with Gasteiger partial charge in [0.25, 0.3) is 0 Å². The normalized spacial score (nSPS) is 12.3. The molecule has 1 aromatic heterocycles. The molecule has 0 aliphatic heterocycles. The molecule has 0 fully saturated rings. The lowest BCUT2D eigenvalue weighted by molar-refractivity contribution is 0.107. The fraction of sp³-hybridized carbons (Fsp3) is 0.333. The number of ether oxygens (including phenoxy) is 1. The van der Waals surface area contributed by atoms with Gasteiger partial charge in [-0.25, -0.2) is 0 Å². The quantitative estimate of drug-likeness (QED) is 0.718. The Hall–Kier alpha value is -0.780. The summed E-state index contributed by atoms with van der Waals surface area (Å²) in [5.74, 6) is 0.527. The van der Waals surface area contributed by atoms with Crippen molar-refractivity contribution in [3.8, 4) is 5.75 Å². The van der Waals surface area contributed by atoms with Gasteiger partial charge < -0.3 is 15.2 Å². The van der Waals surface area contributed by atoms with E-state index in [0.717, 1.165) is 13.0 Å². The first-order valence-electron chi connectivity index (χ1n) is 6.64. The lowest BCUT2D eigenvalue weighted by atomic mass is 10.3. The minimum Gasteiger partial charge on any atom is -0.489 e. The number of aliphatic hydroxyl groups is 1. The maximum absolute atomic E-state index is 9.86. The third-order valence-electron chi connectivity index (χ3n) is 2.83. The van der Waals surface area contributed by atoms with E-state index in [1.54, 1.807) is 29.5 Å². The predicted octanol–water partition coefficient (Wildman–Crippen LogP) is 3.63. The van der Waals surface area contributed by atoms with Crippen molar-refractivity contribution in [1.29, 1.82) is 0 Å². The third-order valence-corrected chi connectivity index (χ3v) is 4.30. The van der Waals surface area contributed by atoms with Crippen LogP contribution in [0.4, 0.5) is 0 Å². The molecule has 0 aliphatic rings. The second-order valence-electron chi connectivity index (χ2n) is 4.57. The number of halogens is 2. The number of thiophene rings is 1. The number of nitrogens with one attached hydrogen (secondary N) is 1. The first kappa shape index (κ1) is 16.6. The molecule has 6 heteroatoms. The topological polar surface area (TPSA) is 41.5 Å². The fourth-order valence-electron chi connectivity index (χ4n) is 1.77. The molecule has 0 bridgehead atoms. The van der Waals surface area contributed by atoms with Crippen LogP contribution >= 0.6 is 34.5 Å². The highest BCUT2D eigenvalue weighted by Gasteiger charge is 2.07. The Labute approximate surface area is 138 Å². The molecule has 0 aliphatic carbocycles. The zero-order valence-corrected chi connectivity index (χ0v) is 13.7. The Morgan fingerprint density at radius 2 is 2.14 bits per heavy atom. The van der Waals surface area contributed by atoms with Gasteiger partial charge in [0, 0.05) is 23.0 Å². The van der Waals surface area contributed by atoms with Gasteiger partial charge in [0.05, 0.1) is 5.02 Å². The van der Waals surface area contributed by atoms with Gasteiger partial charge in [-0.15, -0.1) is 11.3 Å². The van der Waals surface area contributed by atoms with Gasteiger partial charge in [0.15, 0.2) is 0 Å². The molecular formula is C15H17Cl2NO2S. The summed E-state index contributed by atoms with van der Waals surface area (Å²) < 4.78 is 5.48. The zero-order chi connectivity index (χ0) is 15.1. The summed E-state index contributed by atoms with van der Waals surface area (Å²) >= 11 is 13.5. The molecule has 3 nitrogen and oxygen atoms in total. The first-order chi connectivity index (χ1) is 10.1. The van der Waals surface area contributed by atoms with E-state index in [1.807, 2.05) is 6.07 Å². The van der Waals surface area contributed by atoms with Crippen molar-refractivity contribution in [2.24, 2.45) is 0 Å². The van der Waals surface area contributed by atoms with E-state index < -0.39 is 6.10 Å². The van der Waals surface area contributed by atoms with Crippen LogP contribution in [-0.4, -0.2) is 30.9 Å². The fourth-order valence-corrected chi connectivity index (χ4v) is 2.94. The molecule has 2 aromatic rings. The summed E-state index contributed by atoms with van der Waals surface area (Å²) in [6, 6.07) is 9.16. The number of hydrogen-bond acceptors (Lipinski definition) is 4. The summed E-state index contributed by atoms with van der Waals surface area (Å²) in [5, 5.41) is 16.1. The van der Waals surface area contributed by atoms with E-state index in [1.165, 1.54) is 4.88 Å². The minimum absolute atomic E-state index is 0.188. The van der Waals surface area contributed by atoms with Crippen molar-refractivity contribution in [2.45, 2.75) is 12.5 Å². The van der Waals surface area contributed by atoms with Crippen molar-refractivity contribution in [1.82, 2.24) is 5.32 Å². The smallest absolute Gasteiger partial charge is 0.138 e. The van der Waals surface area contributed by atoms with Crippen molar-refractivity contribution in [3.05, 3.63) is 50.6 Å². The average Bonchev–Trinajstić information content (AvgIpc) is 2.96. The molecule has 1 unspecified atom stereocenters. The molecule has 1 aromatic carbocycles. The minimum atomic E-state index is -0.583. The number of aliphatic hydroxyl groups excluding tert-OH is 1. The van der Waals surface area contributed by atoms with E-state index in [2.05, 4.69) is 16.8 Å². The van der Waals surface area contributed by atoms with E-state index in [0.29, 0.717) is 22.3 Å². The van der Waals surface area contributed by atoms with Crippen molar-refractivity contribution in [3.63, 3.8) is 0 Å². The van der Waals surface area contributed by atoms with E-state index in [-0.39, 0.29) is 6.61 Å². The van der Waals surface area contributed by atoms with Gasteiger partial charge in [0.2, 0.25) is 0 Å². The van der Waals surface area contributed by atoms with Gasteiger partial charge in [-0.2, -0.15) is 0 Å². The highest BCUT2D eigenvalue weighted by molar-refractivity contribution is 7.09. The molecule has 21 heavy (non-hydrogen) atoms. The molecule has 0 radical (unpaired) electrons. The number of hydrogen-bond donors (Lipinski definition) is 2. The standard InChI is InChI=1S/C15H17Cl2NO2S/c16-11-3-4-15(14(17)8-11)20-10-12(19)9-18-6-5-13-2-1-7-21-13/h1-4,7-8,12,18-19H,5-6,9-10H2. The first-order valence-corrected chi connectivity index (χ1v) is 8.27. The van der Waals surface area contributed by atoms with E-state index >= 15 is 0 Å². The molecule has 0 amide bonds. The van der Waals surface area contributed by atoms with Crippen LogP contribution in [0, 0.1) is 0 Å². The molecule has 2 N–H and O–H groups in total. The Morgan fingerprint density at radius 1 is 1.29 bits per heavy atom. The molecular weight excluding hydrogens is 329 g/mol. The molecule has 1 heterocycles. The maximum Gasteiger partial charge on any atom is 0.138 e. The van der Waals surface area contributed by atoms with Gasteiger partial charge in [-0.05, 0) is 36.1 Å². The van der Waals surface area contributed by atoms with Crippen LogP contribution in [-0.2, 0) is 6.42 Å². The van der Waals surface area contributed by atoms with Crippen LogP contribution in [0.3, 0.4) is 0 Å². The SMILES string of the molecule is OC(CNCCc1cccs1)COc1ccc(Cl)cc1Cl. The van der Waals surface area contributed by atoms with Crippen molar-refractivity contribution < 1.29 is 9.84 Å². The number of rotatable bonds is 8. The highest BCUT2D eigenvalue weighted by atomic mass is 35.5. The highest BCUT2D eigenvalue weighted by Crippen LogP contribution is 2.27. The van der Waals surface area contributed by atoms with Crippen LogP contribution in [0.5, 0.6) is 5.75 Å². The van der Waals surface area contributed by atoms with E-state index in [9.17, 15) is 5.11 Å². The monoisotopic (exact) mass is 345 g/mol. The Bertz CT molecular complexity index is 549. The van der Waals surface area contributed by atoms with Gasteiger partial charge in [0.1, 0.15) is 18.5 Å². The van der Waals surface area contributed by atoms with Gasteiger partial charge in [-0.1, -0.05) is 29.3 Å². The molecule has 114 valence electrons. The van der Waals surface area contributed by atoms with Crippen molar-refractivity contribution >= 4 is 34.5 Å². The maximum atomic E-state index is 9.86. The van der Waals surface area contributed by atoms with Crippen LogP contribution < -0.4 is 10.1 Å². The zero-order valence-electron chi connectivity index (χ0n) is 11.4. The molecule has 0 saturated heterocycles. The van der Waals surface area contributed by atoms with Crippen LogP contribution in [0.1, 0.15) is 4.88 Å². The second kappa shape index (κ2) is 8.61. The molecule has 0 spiro atoms. The Kier molecular flexibility index (Phi) is 6.80. The second-order valence-corrected chi connectivity index (χ2v) is 6.45. The predicted molar refractivity (Wildman–Crippen MR) is 88.9 cm³/mol. The largest absolute Gasteiger partial charge is 0.489 e. The summed E-state index contributed by atoms with van der Waals surface area (Å²) in [5.41, 5.74) is 0. The van der Waals surface area contributed by atoms with Gasteiger partial charge in [-0.3, -0.25) is 0 Å². The van der Waals surface area contributed by atoms with E-state index in [4.69, 9.17) is 27.9 Å². The summed E-state index contributed by atoms with van der Waals surface area (Å²) in [4.78, 5) is 1.33. The molecule has 2 rings (SSSR count). The van der Waals surface area contributed by atoms with Gasteiger partial charge >= 0.3 is 0 Å². The van der Waals surface area contributed by atoms with Crippen molar-refractivity contribution in [2.75, 3.05) is 19.7 Å². The molecule has 1 atom stereocenters. The lowest BCUT2D eigenvalue weighted by Crippen LogP contribution is -2.32. The van der Waals surface area contributed by atoms with Crippen LogP contribution in [0.2, 0.25) is 10.0 Å². The Morgan fingerprint density at radius 3 is 2.86 bits per heavy atom. The average molecular weight is 346 g/mol.